The van der Waals surface area contributed by atoms with Crippen LogP contribution in [0.3, 0.4) is 0 Å². The third kappa shape index (κ3) is 5.59. The Kier molecular flexibility index (Phi) is 7.04. The largest absolute Gasteiger partial charge is 0.459 e. The van der Waals surface area contributed by atoms with Gasteiger partial charge in [0.25, 0.3) is 5.91 Å². The number of aromatic nitrogens is 2. The van der Waals surface area contributed by atoms with Crippen molar-refractivity contribution in [2.45, 2.75) is 33.2 Å². The summed E-state index contributed by atoms with van der Waals surface area (Å²) in [7, 11) is 0. The Morgan fingerprint density at radius 2 is 1.94 bits per heavy atom. The fraction of sp³-hybridized carbons (Fsp3) is 0.240. The average molecular weight is 463 g/mol. The molecule has 7 nitrogen and oxygen atoms in total. The van der Waals surface area contributed by atoms with Crippen LogP contribution in [0.5, 0.6) is 0 Å². The normalized spacial score (nSPS) is 10.8. The summed E-state index contributed by atoms with van der Waals surface area (Å²) in [6.45, 7) is 5.32. The van der Waals surface area contributed by atoms with Crippen LogP contribution in [0.15, 0.2) is 64.6 Å². The van der Waals surface area contributed by atoms with E-state index in [0.29, 0.717) is 5.13 Å². The van der Waals surface area contributed by atoms with Crippen molar-refractivity contribution in [3.63, 3.8) is 0 Å². The summed E-state index contributed by atoms with van der Waals surface area (Å²) >= 11 is 1.39. The number of anilines is 1. The van der Waals surface area contributed by atoms with Gasteiger partial charge in [-0.2, -0.15) is 0 Å². The molecular formula is C25H26N4O3S. The van der Waals surface area contributed by atoms with Gasteiger partial charge in [-0.3, -0.25) is 9.59 Å². The predicted octanol–water partition coefficient (Wildman–Crippen LogP) is 4.82. The van der Waals surface area contributed by atoms with E-state index in [0.717, 1.165) is 29.9 Å². The molecule has 0 saturated heterocycles. The monoisotopic (exact) mass is 462 g/mol. The van der Waals surface area contributed by atoms with Crippen LogP contribution in [0.4, 0.5) is 5.13 Å². The van der Waals surface area contributed by atoms with Gasteiger partial charge in [0, 0.05) is 41.8 Å². The molecular weight excluding hydrogens is 436 g/mol. The standard InChI is InChI=1S/C25H26N4O3S/c1-17-15-20(18(2)29(17)13-11-19-7-4-3-5-8-19)21-16-33-25(27-21)28-23(30)10-12-26-24(31)22-9-6-14-32-22/h3-9,14-16H,10-13H2,1-2H3,(H,26,31)(H,27,28,30). The zero-order valence-electron chi connectivity index (χ0n) is 18.6. The number of nitrogens with one attached hydrogen (secondary N) is 2. The zero-order chi connectivity index (χ0) is 23.2. The molecule has 0 radical (unpaired) electrons. The smallest absolute Gasteiger partial charge is 0.286 e. The SMILES string of the molecule is Cc1cc(-c2csc(NC(=O)CCNC(=O)c3ccco3)n2)c(C)n1CCc1ccccc1. The molecule has 0 aliphatic heterocycles. The molecule has 2 N–H and O–H groups in total. The van der Waals surface area contributed by atoms with Gasteiger partial charge < -0.3 is 19.6 Å². The van der Waals surface area contributed by atoms with Gasteiger partial charge in [-0.25, -0.2) is 4.98 Å². The van der Waals surface area contributed by atoms with Gasteiger partial charge in [-0.15, -0.1) is 11.3 Å². The van der Waals surface area contributed by atoms with Crippen LogP contribution in [-0.2, 0) is 17.8 Å². The molecule has 4 aromatic rings. The molecule has 170 valence electrons. The minimum atomic E-state index is -0.341. The second kappa shape index (κ2) is 10.3. The number of nitrogens with zero attached hydrogens (tertiary/aromatic N) is 2. The van der Waals surface area contributed by atoms with E-state index in [1.165, 1.54) is 28.9 Å². The summed E-state index contributed by atoms with van der Waals surface area (Å²) in [5.41, 5.74) is 5.57. The van der Waals surface area contributed by atoms with Crippen LogP contribution in [0, 0.1) is 13.8 Å². The first-order valence-electron chi connectivity index (χ1n) is 10.8. The van der Waals surface area contributed by atoms with Crippen molar-refractivity contribution < 1.29 is 14.0 Å². The number of carbonyl (C=O) groups excluding carboxylic acids is 2. The van der Waals surface area contributed by atoms with Crippen LogP contribution >= 0.6 is 11.3 Å². The lowest BCUT2D eigenvalue weighted by Crippen LogP contribution is -2.27. The molecule has 0 fully saturated rings. The Labute approximate surface area is 196 Å². The Morgan fingerprint density at radius 3 is 2.70 bits per heavy atom. The zero-order valence-corrected chi connectivity index (χ0v) is 19.4. The molecule has 0 unspecified atom stereocenters. The number of amides is 2. The van der Waals surface area contributed by atoms with Crippen molar-refractivity contribution in [1.29, 1.82) is 0 Å². The maximum atomic E-state index is 12.2. The van der Waals surface area contributed by atoms with Crippen LogP contribution in [0.25, 0.3) is 11.3 Å². The Bertz CT molecular complexity index is 1230. The molecule has 0 aliphatic carbocycles. The van der Waals surface area contributed by atoms with E-state index in [9.17, 15) is 9.59 Å². The van der Waals surface area contributed by atoms with Gasteiger partial charge in [0.2, 0.25) is 5.91 Å². The Hall–Kier alpha value is -3.65. The highest BCUT2D eigenvalue weighted by Crippen LogP contribution is 2.30. The maximum absolute atomic E-state index is 12.2. The molecule has 2 amide bonds. The van der Waals surface area contributed by atoms with E-state index in [2.05, 4.69) is 64.4 Å². The number of benzene rings is 1. The number of rotatable bonds is 9. The first-order valence-corrected chi connectivity index (χ1v) is 11.7. The van der Waals surface area contributed by atoms with E-state index >= 15 is 0 Å². The number of hydrogen-bond acceptors (Lipinski definition) is 5. The van der Waals surface area contributed by atoms with Gasteiger partial charge in [0.15, 0.2) is 10.9 Å². The second-order valence-corrected chi connectivity index (χ2v) is 8.60. The minimum Gasteiger partial charge on any atom is -0.459 e. The fourth-order valence-corrected chi connectivity index (χ4v) is 4.44. The van der Waals surface area contributed by atoms with Crippen molar-refractivity contribution in [2.24, 2.45) is 0 Å². The van der Waals surface area contributed by atoms with Crippen molar-refractivity contribution >= 4 is 28.3 Å². The molecule has 0 saturated carbocycles. The van der Waals surface area contributed by atoms with Crippen molar-refractivity contribution in [1.82, 2.24) is 14.9 Å². The highest BCUT2D eigenvalue weighted by Gasteiger charge is 2.15. The van der Waals surface area contributed by atoms with Crippen LogP contribution < -0.4 is 10.6 Å². The highest BCUT2D eigenvalue weighted by molar-refractivity contribution is 7.14. The maximum Gasteiger partial charge on any atom is 0.286 e. The Morgan fingerprint density at radius 1 is 1.12 bits per heavy atom. The molecule has 0 atom stereocenters. The lowest BCUT2D eigenvalue weighted by Gasteiger charge is -2.09. The van der Waals surface area contributed by atoms with Gasteiger partial charge >= 0.3 is 0 Å². The summed E-state index contributed by atoms with van der Waals surface area (Å²) in [6.07, 6.45) is 2.54. The molecule has 33 heavy (non-hydrogen) atoms. The van der Waals surface area contributed by atoms with E-state index < -0.39 is 0 Å². The molecule has 3 heterocycles. The molecule has 0 spiro atoms. The van der Waals surface area contributed by atoms with E-state index in [1.54, 1.807) is 12.1 Å². The van der Waals surface area contributed by atoms with Gasteiger partial charge in [0.1, 0.15) is 0 Å². The Balaban J connectivity index is 1.33. The van der Waals surface area contributed by atoms with E-state index in [-0.39, 0.29) is 30.5 Å². The highest BCUT2D eigenvalue weighted by atomic mass is 32.1. The van der Waals surface area contributed by atoms with Gasteiger partial charge in [-0.05, 0) is 44.0 Å². The van der Waals surface area contributed by atoms with Crippen molar-refractivity contribution in [2.75, 3.05) is 11.9 Å². The second-order valence-electron chi connectivity index (χ2n) is 7.74. The molecule has 4 rings (SSSR count). The molecule has 0 bridgehead atoms. The number of hydrogen-bond donors (Lipinski definition) is 2. The fourth-order valence-electron chi connectivity index (χ4n) is 3.71. The third-order valence-corrected chi connectivity index (χ3v) is 6.21. The first-order chi connectivity index (χ1) is 16.0. The summed E-state index contributed by atoms with van der Waals surface area (Å²) in [6, 6.07) is 15.8. The average Bonchev–Trinajstić information content (AvgIpc) is 3.55. The molecule has 3 aromatic heterocycles. The van der Waals surface area contributed by atoms with Crippen LogP contribution in [-0.4, -0.2) is 27.9 Å². The molecule has 8 heteroatoms. The number of aryl methyl sites for hydroxylation is 2. The third-order valence-electron chi connectivity index (χ3n) is 5.45. The van der Waals surface area contributed by atoms with Gasteiger partial charge in [0.05, 0.1) is 12.0 Å². The summed E-state index contributed by atoms with van der Waals surface area (Å²) in [5, 5.41) is 7.97. The predicted molar refractivity (Wildman–Crippen MR) is 129 cm³/mol. The van der Waals surface area contributed by atoms with Crippen molar-refractivity contribution in [3.05, 3.63) is 82.9 Å². The lowest BCUT2D eigenvalue weighted by atomic mass is 10.1. The number of carbonyl (C=O) groups is 2. The van der Waals surface area contributed by atoms with Crippen LogP contribution in [0.1, 0.15) is 33.9 Å². The van der Waals surface area contributed by atoms with Crippen LogP contribution in [0.2, 0.25) is 0 Å². The summed E-state index contributed by atoms with van der Waals surface area (Å²) < 4.78 is 7.34. The van der Waals surface area contributed by atoms with Crippen molar-refractivity contribution in [3.8, 4) is 11.3 Å². The molecule has 1 aromatic carbocycles. The van der Waals surface area contributed by atoms with Gasteiger partial charge in [-0.1, -0.05) is 30.3 Å². The first kappa shape index (κ1) is 22.5. The molecule has 0 aliphatic rings. The summed E-state index contributed by atoms with van der Waals surface area (Å²) in [5.74, 6) is -0.322. The number of furan rings is 1. The van der Waals surface area contributed by atoms with E-state index in [4.69, 9.17) is 4.42 Å². The topological polar surface area (TPSA) is 89.2 Å². The quantitative estimate of drug-likeness (QED) is 0.373. The summed E-state index contributed by atoms with van der Waals surface area (Å²) in [4.78, 5) is 28.7. The minimum absolute atomic E-state index is 0.148. The lowest BCUT2D eigenvalue weighted by molar-refractivity contribution is -0.116. The number of thiazole rings is 1. The van der Waals surface area contributed by atoms with E-state index in [1.807, 2.05) is 11.4 Å².